The van der Waals surface area contributed by atoms with Gasteiger partial charge < -0.3 is 15.1 Å². The standard InChI is InChI=1S/C22H24FN3O2/c23-17-4-6-18(7-5-17)24-22(28)16-14-21(27)26(15-16)20-10-8-19(9-11-20)25-12-2-1-3-13-25/h4-11,16H,1-3,12-15H2,(H,24,28). The van der Waals surface area contributed by atoms with Crippen LogP contribution in [0.5, 0.6) is 0 Å². The van der Waals surface area contributed by atoms with E-state index in [2.05, 4.69) is 22.3 Å². The summed E-state index contributed by atoms with van der Waals surface area (Å²) in [7, 11) is 0. The van der Waals surface area contributed by atoms with Crippen molar-refractivity contribution in [1.82, 2.24) is 0 Å². The lowest BCUT2D eigenvalue weighted by atomic mass is 10.1. The molecule has 0 bridgehead atoms. The summed E-state index contributed by atoms with van der Waals surface area (Å²) in [4.78, 5) is 29.0. The van der Waals surface area contributed by atoms with Gasteiger partial charge in [-0.1, -0.05) is 0 Å². The van der Waals surface area contributed by atoms with Crippen LogP contribution in [0.1, 0.15) is 25.7 Å². The smallest absolute Gasteiger partial charge is 0.229 e. The summed E-state index contributed by atoms with van der Waals surface area (Å²) in [6, 6.07) is 13.7. The van der Waals surface area contributed by atoms with Gasteiger partial charge >= 0.3 is 0 Å². The van der Waals surface area contributed by atoms with E-state index in [1.54, 1.807) is 4.90 Å². The summed E-state index contributed by atoms with van der Waals surface area (Å²) in [5.41, 5.74) is 2.53. The molecule has 4 rings (SSSR count). The Morgan fingerprint density at radius 2 is 1.57 bits per heavy atom. The summed E-state index contributed by atoms with van der Waals surface area (Å²) >= 11 is 0. The number of carbonyl (C=O) groups excluding carboxylic acids is 2. The van der Waals surface area contributed by atoms with Crippen molar-refractivity contribution in [2.75, 3.05) is 34.8 Å². The Bertz CT molecular complexity index is 845. The quantitative estimate of drug-likeness (QED) is 0.876. The number of anilines is 3. The highest BCUT2D eigenvalue weighted by molar-refractivity contribution is 6.03. The van der Waals surface area contributed by atoms with E-state index >= 15 is 0 Å². The third-order valence-electron chi connectivity index (χ3n) is 5.49. The molecule has 2 heterocycles. The van der Waals surface area contributed by atoms with Gasteiger partial charge in [0.2, 0.25) is 11.8 Å². The van der Waals surface area contributed by atoms with Crippen molar-refractivity contribution in [3.63, 3.8) is 0 Å². The Kier molecular flexibility index (Phi) is 5.28. The van der Waals surface area contributed by atoms with E-state index in [-0.39, 0.29) is 24.1 Å². The van der Waals surface area contributed by atoms with Gasteiger partial charge in [-0.2, -0.15) is 0 Å². The molecule has 1 atom stereocenters. The lowest BCUT2D eigenvalue weighted by Crippen LogP contribution is -2.30. The molecule has 0 spiro atoms. The second-order valence-corrected chi connectivity index (χ2v) is 7.47. The molecule has 0 saturated carbocycles. The van der Waals surface area contributed by atoms with Gasteiger partial charge in [-0.05, 0) is 67.8 Å². The summed E-state index contributed by atoms with van der Waals surface area (Å²) in [6.45, 7) is 2.51. The first-order valence-electron chi connectivity index (χ1n) is 9.82. The first-order valence-corrected chi connectivity index (χ1v) is 9.82. The van der Waals surface area contributed by atoms with E-state index in [0.29, 0.717) is 12.2 Å². The molecule has 2 aromatic rings. The van der Waals surface area contributed by atoms with Crippen LogP contribution in [0.3, 0.4) is 0 Å². The van der Waals surface area contributed by atoms with Gasteiger partial charge in [-0.3, -0.25) is 9.59 Å². The molecule has 2 aliphatic heterocycles. The van der Waals surface area contributed by atoms with Crippen LogP contribution in [0.25, 0.3) is 0 Å². The minimum absolute atomic E-state index is 0.0509. The highest BCUT2D eigenvalue weighted by Crippen LogP contribution is 2.29. The third-order valence-corrected chi connectivity index (χ3v) is 5.49. The number of benzene rings is 2. The predicted octanol–water partition coefficient (Wildman–Crippen LogP) is 3.81. The molecular formula is C22H24FN3O2. The van der Waals surface area contributed by atoms with Crippen LogP contribution in [-0.4, -0.2) is 31.4 Å². The molecule has 2 fully saturated rings. The zero-order chi connectivity index (χ0) is 19.5. The van der Waals surface area contributed by atoms with Crippen molar-refractivity contribution in [2.45, 2.75) is 25.7 Å². The molecule has 2 saturated heterocycles. The predicted molar refractivity (Wildman–Crippen MR) is 108 cm³/mol. The number of nitrogens with zero attached hydrogens (tertiary/aromatic N) is 2. The number of amides is 2. The molecule has 146 valence electrons. The molecule has 1 N–H and O–H groups in total. The van der Waals surface area contributed by atoms with Crippen molar-refractivity contribution in [2.24, 2.45) is 5.92 Å². The van der Waals surface area contributed by atoms with Crippen LogP contribution in [-0.2, 0) is 9.59 Å². The fourth-order valence-electron chi connectivity index (χ4n) is 3.91. The molecule has 0 radical (unpaired) electrons. The third kappa shape index (κ3) is 4.01. The number of rotatable bonds is 4. The van der Waals surface area contributed by atoms with Crippen LogP contribution >= 0.6 is 0 Å². The number of hydrogen-bond acceptors (Lipinski definition) is 3. The number of halogens is 1. The van der Waals surface area contributed by atoms with Gasteiger partial charge in [0.05, 0.1) is 5.92 Å². The fourth-order valence-corrected chi connectivity index (χ4v) is 3.91. The van der Waals surface area contributed by atoms with E-state index in [1.807, 2.05) is 12.1 Å². The van der Waals surface area contributed by atoms with E-state index in [4.69, 9.17) is 0 Å². The van der Waals surface area contributed by atoms with Gasteiger partial charge in [0.1, 0.15) is 5.82 Å². The summed E-state index contributed by atoms with van der Waals surface area (Å²) in [6.07, 6.45) is 3.91. The van der Waals surface area contributed by atoms with Gasteiger partial charge in [-0.15, -0.1) is 0 Å². The normalized spacial score (nSPS) is 19.8. The van der Waals surface area contributed by atoms with Crippen molar-refractivity contribution in [3.8, 4) is 0 Å². The Labute approximate surface area is 164 Å². The van der Waals surface area contributed by atoms with Crippen LogP contribution < -0.4 is 15.1 Å². The van der Waals surface area contributed by atoms with Crippen molar-refractivity contribution in [3.05, 3.63) is 54.3 Å². The number of carbonyl (C=O) groups is 2. The lowest BCUT2D eigenvalue weighted by molar-refractivity contribution is -0.122. The van der Waals surface area contributed by atoms with Crippen LogP contribution in [0.4, 0.5) is 21.5 Å². The van der Waals surface area contributed by atoms with Crippen molar-refractivity contribution < 1.29 is 14.0 Å². The van der Waals surface area contributed by atoms with E-state index < -0.39 is 5.92 Å². The van der Waals surface area contributed by atoms with E-state index in [0.717, 1.165) is 18.8 Å². The molecule has 2 aromatic carbocycles. The van der Waals surface area contributed by atoms with E-state index in [1.165, 1.54) is 49.2 Å². The first-order chi connectivity index (χ1) is 13.6. The molecule has 1 unspecified atom stereocenters. The SMILES string of the molecule is O=C(Nc1ccc(F)cc1)C1CC(=O)N(c2ccc(N3CCCCC3)cc2)C1. The molecule has 2 aliphatic rings. The Morgan fingerprint density at radius 3 is 2.25 bits per heavy atom. The van der Waals surface area contributed by atoms with Crippen molar-refractivity contribution >= 4 is 28.9 Å². The van der Waals surface area contributed by atoms with E-state index in [9.17, 15) is 14.0 Å². The molecular weight excluding hydrogens is 357 g/mol. The molecule has 6 heteroatoms. The fraction of sp³-hybridized carbons (Fsp3) is 0.364. The molecule has 5 nitrogen and oxygen atoms in total. The maximum atomic E-state index is 13.0. The largest absolute Gasteiger partial charge is 0.372 e. The van der Waals surface area contributed by atoms with Crippen molar-refractivity contribution in [1.29, 1.82) is 0 Å². The molecule has 0 aromatic heterocycles. The van der Waals surface area contributed by atoms with Gasteiger partial charge in [0.15, 0.2) is 0 Å². The topological polar surface area (TPSA) is 52.7 Å². The Balaban J connectivity index is 1.40. The van der Waals surface area contributed by atoms with Crippen LogP contribution in [0.15, 0.2) is 48.5 Å². The second kappa shape index (κ2) is 8.00. The monoisotopic (exact) mass is 381 g/mol. The average Bonchev–Trinajstić information content (AvgIpc) is 3.12. The van der Waals surface area contributed by atoms with Gasteiger partial charge in [-0.25, -0.2) is 4.39 Å². The summed E-state index contributed by atoms with van der Waals surface area (Å²) in [5.74, 6) is -1.04. The Hall–Kier alpha value is -2.89. The summed E-state index contributed by atoms with van der Waals surface area (Å²) < 4.78 is 13.0. The zero-order valence-corrected chi connectivity index (χ0v) is 15.7. The highest BCUT2D eigenvalue weighted by Gasteiger charge is 2.35. The van der Waals surface area contributed by atoms with Gasteiger partial charge in [0, 0.05) is 43.1 Å². The number of hydrogen-bond donors (Lipinski definition) is 1. The van der Waals surface area contributed by atoms with Crippen LogP contribution in [0.2, 0.25) is 0 Å². The van der Waals surface area contributed by atoms with Crippen LogP contribution in [0, 0.1) is 11.7 Å². The number of piperidine rings is 1. The first kappa shape index (κ1) is 18.5. The minimum Gasteiger partial charge on any atom is -0.372 e. The zero-order valence-electron chi connectivity index (χ0n) is 15.7. The maximum Gasteiger partial charge on any atom is 0.229 e. The molecule has 2 amide bonds. The summed E-state index contributed by atoms with van der Waals surface area (Å²) in [5, 5.41) is 2.76. The highest BCUT2D eigenvalue weighted by atomic mass is 19.1. The maximum absolute atomic E-state index is 13.0. The minimum atomic E-state index is -0.417. The second-order valence-electron chi connectivity index (χ2n) is 7.47. The average molecular weight is 381 g/mol. The number of nitrogens with one attached hydrogen (secondary N) is 1. The molecule has 28 heavy (non-hydrogen) atoms. The van der Waals surface area contributed by atoms with Gasteiger partial charge in [0.25, 0.3) is 0 Å². The Morgan fingerprint density at radius 1 is 0.929 bits per heavy atom. The lowest BCUT2D eigenvalue weighted by Gasteiger charge is -2.29. The molecule has 0 aliphatic carbocycles.